The van der Waals surface area contributed by atoms with Crippen LogP contribution in [0.5, 0.6) is 5.75 Å². The number of H-pyrrole nitrogens is 1. The average Bonchev–Trinajstić information content (AvgIpc) is 3.18. The Bertz CT molecular complexity index is 857. The van der Waals surface area contributed by atoms with Gasteiger partial charge in [-0.05, 0) is 43.9 Å². The van der Waals surface area contributed by atoms with Crippen LogP contribution in [-0.4, -0.2) is 34.2 Å². The smallest absolute Gasteiger partial charge is 0.140 e. The summed E-state index contributed by atoms with van der Waals surface area (Å²) >= 11 is 0. The quantitative estimate of drug-likeness (QED) is 0.762. The Morgan fingerprint density at radius 2 is 2.04 bits per heavy atom. The summed E-state index contributed by atoms with van der Waals surface area (Å²) in [5.74, 6) is 2.70. The number of nitrogens with one attached hydrogen (secondary N) is 1. The highest BCUT2D eigenvalue weighted by molar-refractivity contribution is 5.85. The van der Waals surface area contributed by atoms with Gasteiger partial charge in [0.15, 0.2) is 0 Å². The Balaban J connectivity index is 1.17. The number of nitrogens with zero attached hydrogens (tertiary/aromatic N) is 2. The summed E-state index contributed by atoms with van der Waals surface area (Å²) in [6.45, 7) is 2.97. The first-order valence-corrected chi connectivity index (χ1v) is 9.26. The second-order valence-electron chi connectivity index (χ2n) is 7.28. The van der Waals surface area contributed by atoms with Crippen molar-refractivity contribution in [1.82, 2.24) is 15.0 Å². The lowest BCUT2D eigenvalue weighted by atomic mass is 10.1. The summed E-state index contributed by atoms with van der Waals surface area (Å²) in [7, 11) is 0. The van der Waals surface area contributed by atoms with E-state index in [-0.39, 0.29) is 6.10 Å². The minimum absolute atomic E-state index is 0.288. The molecular formula is C20H23N3O2. The summed E-state index contributed by atoms with van der Waals surface area (Å²) in [6, 6.07) is 10.4. The number of rotatable bonds is 5. The summed E-state index contributed by atoms with van der Waals surface area (Å²) < 4.78 is 11.7. The zero-order valence-electron chi connectivity index (χ0n) is 14.3. The third-order valence-electron chi connectivity index (χ3n) is 5.33. The van der Waals surface area contributed by atoms with E-state index in [4.69, 9.17) is 9.26 Å². The van der Waals surface area contributed by atoms with Crippen LogP contribution < -0.4 is 4.74 Å². The Morgan fingerprint density at radius 1 is 1.16 bits per heavy atom. The van der Waals surface area contributed by atoms with E-state index in [1.54, 1.807) is 0 Å². The standard InChI is InChI=1S/C20H23N3O2/c1-2-18-17(6-9-21-18)19(3-1)24-16-7-10-23(11-8-16)13-15-12-20(25-22-15)14-4-5-14/h1-3,6,9,12,14,16,21H,4-5,7-8,10-11,13H2. The summed E-state index contributed by atoms with van der Waals surface area (Å²) in [4.78, 5) is 5.69. The summed E-state index contributed by atoms with van der Waals surface area (Å²) in [5.41, 5.74) is 2.20. The van der Waals surface area contributed by atoms with Crippen molar-refractivity contribution in [1.29, 1.82) is 0 Å². The van der Waals surface area contributed by atoms with E-state index in [0.717, 1.165) is 55.2 Å². The fourth-order valence-electron chi connectivity index (χ4n) is 3.72. The van der Waals surface area contributed by atoms with E-state index >= 15 is 0 Å². The molecule has 1 saturated carbocycles. The molecule has 2 aromatic heterocycles. The highest BCUT2D eigenvalue weighted by Gasteiger charge is 2.28. The third kappa shape index (κ3) is 3.16. The Hall–Kier alpha value is -2.27. The molecular weight excluding hydrogens is 314 g/mol. The van der Waals surface area contributed by atoms with Gasteiger partial charge in [-0.25, -0.2) is 0 Å². The van der Waals surface area contributed by atoms with Crippen LogP contribution >= 0.6 is 0 Å². The van der Waals surface area contributed by atoms with Gasteiger partial charge in [0, 0.05) is 48.7 Å². The molecule has 1 aromatic carbocycles. The number of fused-ring (bicyclic) bond motifs is 1. The normalized spacial score (nSPS) is 19.5. The van der Waals surface area contributed by atoms with Gasteiger partial charge in [0.25, 0.3) is 0 Å². The third-order valence-corrected chi connectivity index (χ3v) is 5.33. The molecule has 1 aliphatic heterocycles. The maximum atomic E-state index is 6.29. The largest absolute Gasteiger partial charge is 0.490 e. The minimum Gasteiger partial charge on any atom is -0.490 e. The number of benzene rings is 1. The predicted molar refractivity (Wildman–Crippen MR) is 95.7 cm³/mol. The zero-order chi connectivity index (χ0) is 16.6. The zero-order valence-corrected chi connectivity index (χ0v) is 14.3. The molecule has 3 heterocycles. The van der Waals surface area contributed by atoms with Crippen molar-refractivity contribution in [2.24, 2.45) is 0 Å². The molecule has 0 bridgehead atoms. The molecule has 5 heteroatoms. The van der Waals surface area contributed by atoms with Gasteiger partial charge in [-0.3, -0.25) is 4.90 Å². The van der Waals surface area contributed by atoms with Crippen molar-refractivity contribution in [2.75, 3.05) is 13.1 Å². The van der Waals surface area contributed by atoms with Crippen LogP contribution in [0, 0.1) is 0 Å². The SMILES string of the molecule is c1cc(OC2CCN(Cc3cc(C4CC4)on3)CC2)c2cc[nH]c2c1. The molecule has 130 valence electrons. The molecule has 1 aliphatic carbocycles. The van der Waals surface area contributed by atoms with E-state index in [0.29, 0.717) is 5.92 Å². The van der Waals surface area contributed by atoms with Crippen LogP contribution in [0.2, 0.25) is 0 Å². The molecule has 0 atom stereocenters. The number of aromatic nitrogens is 2. The molecule has 1 N–H and O–H groups in total. The summed E-state index contributed by atoms with van der Waals surface area (Å²) in [5, 5.41) is 5.40. The molecule has 1 saturated heterocycles. The molecule has 5 rings (SSSR count). The van der Waals surface area contributed by atoms with E-state index in [1.807, 2.05) is 12.3 Å². The molecule has 0 spiro atoms. The monoisotopic (exact) mass is 337 g/mol. The lowest BCUT2D eigenvalue weighted by Gasteiger charge is -2.31. The lowest BCUT2D eigenvalue weighted by Crippen LogP contribution is -2.37. The summed E-state index contributed by atoms with van der Waals surface area (Å²) in [6.07, 6.45) is 6.86. The Labute approximate surface area is 146 Å². The van der Waals surface area contributed by atoms with Crippen LogP contribution in [0.15, 0.2) is 41.1 Å². The van der Waals surface area contributed by atoms with Crippen molar-refractivity contribution in [3.63, 3.8) is 0 Å². The molecule has 5 nitrogen and oxygen atoms in total. The lowest BCUT2D eigenvalue weighted by molar-refractivity contribution is 0.0966. The molecule has 0 radical (unpaired) electrons. The second-order valence-corrected chi connectivity index (χ2v) is 7.28. The van der Waals surface area contributed by atoms with Gasteiger partial charge >= 0.3 is 0 Å². The van der Waals surface area contributed by atoms with Gasteiger partial charge in [0.1, 0.15) is 17.6 Å². The van der Waals surface area contributed by atoms with Crippen LogP contribution in [-0.2, 0) is 6.54 Å². The van der Waals surface area contributed by atoms with Crippen molar-refractivity contribution in [3.8, 4) is 5.75 Å². The highest BCUT2D eigenvalue weighted by atomic mass is 16.5. The minimum atomic E-state index is 0.288. The van der Waals surface area contributed by atoms with Gasteiger partial charge in [-0.2, -0.15) is 0 Å². The molecule has 0 unspecified atom stereocenters. The first kappa shape index (κ1) is 15.0. The van der Waals surface area contributed by atoms with Crippen molar-refractivity contribution >= 4 is 10.9 Å². The first-order valence-electron chi connectivity index (χ1n) is 9.26. The van der Waals surface area contributed by atoms with E-state index in [9.17, 15) is 0 Å². The highest BCUT2D eigenvalue weighted by Crippen LogP contribution is 2.40. The van der Waals surface area contributed by atoms with Crippen molar-refractivity contribution < 1.29 is 9.26 Å². The molecule has 0 amide bonds. The van der Waals surface area contributed by atoms with Crippen LogP contribution in [0.1, 0.15) is 43.1 Å². The fourth-order valence-corrected chi connectivity index (χ4v) is 3.72. The molecule has 25 heavy (non-hydrogen) atoms. The second kappa shape index (κ2) is 6.23. The van der Waals surface area contributed by atoms with Crippen molar-refractivity contribution in [2.45, 2.75) is 44.2 Å². The molecule has 3 aromatic rings. The van der Waals surface area contributed by atoms with E-state index < -0.39 is 0 Å². The Kier molecular flexibility index (Phi) is 3.74. The maximum Gasteiger partial charge on any atom is 0.140 e. The van der Waals surface area contributed by atoms with Crippen LogP contribution in [0.4, 0.5) is 0 Å². The topological polar surface area (TPSA) is 54.3 Å². The number of ether oxygens (including phenoxy) is 1. The van der Waals surface area contributed by atoms with E-state index in [1.165, 1.54) is 18.2 Å². The van der Waals surface area contributed by atoms with Gasteiger partial charge in [-0.1, -0.05) is 11.2 Å². The van der Waals surface area contributed by atoms with E-state index in [2.05, 4.69) is 39.3 Å². The number of aromatic amines is 1. The van der Waals surface area contributed by atoms with Gasteiger partial charge in [0.2, 0.25) is 0 Å². The predicted octanol–water partition coefficient (Wildman–Crippen LogP) is 4.08. The van der Waals surface area contributed by atoms with Crippen LogP contribution in [0.3, 0.4) is 0 Å². The van der Waals surface area contributed by atoms with Gasteiger partial charge in [-0.15, -0.1) is 0 Å². The average molecular weight is 337 g/mol. The number of piperidine rings is 1. The first-order chi connectivity index (χ1) is 12.3. The van der Waals surface area contributed by atoms with Crippen molar-refractivity contribution in [3.05, 3.63) is 48.0 Å². The maximum absolute atomic E-state index is 6.29. The molecule has 2 aliphatic rings. The molecule has 2 fully saturated rings. The number of hydrogen-bond acceptors (Lipinski definition) is 4. The fraction of sp³-hybridized carbons (Fsp3) is 0.450. The van der Waals surface area contributed by atoms with Crippen LogP contribution in [0.25, 0.3) is 10.9 Å². The number of likely N-dealkylation sites (tertiary alicyclic amines) is 1. The number of hydrogen-bond donors (Lipinski definition) is 1. The van der Waals surface area contributed by atoms with Gasteiger partial charge < -0.3 is 14.2 Å². The Morgan fingerprint density at radius 3 is 2.88 bits per heavy atom. The van der Waals surface area contributed by atoms with Gasteiger partial charge in [0.05, 0.1) is 5.69 Å².